The number of sulfonamides is 1. The summed E-state index contributed by atoms with van der Waals surface area (Å²) in [5.74, 6) is 0.758. The van der Waals surface area contributed by atoms with Crippen molar-refractivity contribution in [3.63, 3.8) is 0 Å². The van der Waals surface area contributed by atoms with Crippen LogP contribution in [0.3, 0.4) is 0 Å². The third-order valence-electron chi connectivity index (χ3n) is 4.79. The third-order valence-corrected chi connectivity index (χ3v) is 7.12. The zero-order chi connectivity index (χ0) is 22.7. The minimum atomic E-state index is -3.79. The first-order valence-corrected chi connectivity index (χ1v) is 12.1. The van der Waals surface area contributed by atoms with Gasteiger partial charge in [0.05, 0.1) is 17.1 Å². The molecule has 1 heterocycles. The van der Waals surface area contributed by atoms with Gasteiger partial charge in [-0.05, 0) is 67.6 Å². The Morgan fingerprint density at radius 3 is 2.50 bits per heavy atom. The van der Waals surface area contributed by atoms with Crippen LogP contribution in [0.15, 0.2) is 82.2 Å². The highest BCUT2D eigenvalue weighted by atomic mass is 79.9. The van der Waals surface area contributed by atoms with Crippen LogP contribution in [0, 0.1) is 0 Å². The number of anilines is 2. The molecule has 0 radical (unpaired) electrons. The molecule has 1 amide bonds. The second-order valence-corrected chi connectivity index (χ2v) is 10.0. The Balaban J connectivity index is 1.44. The minimum absolute atomic E-state index is 0.130. The molecule has 0 fully saturated rings. The molecular weight excluding hydrogens is 496 g/mol. The van der Waals surface area contributed by atoms with Crippen molar-refractivity contribution in [3.8, 4) is 11.5 Å². The largest absolute Gasteiger partial charge is 0.487 e. The first-order valence-electron chi connectivity index (χ1n) is 9.89. The molecule has 0 unspecified atom stereocenters. The number of nitrogens with zero attached hydrogens (tertiary/aromatic N) is 1. The van der Waals surface area contributed by atoms with Crippen molar-refractivity contribution >= 4 is 43.2 Å². The molecule has 1 aliphatic rings. The average molecular weight is 517 g/mol. The van der Waals surface area contributed by atoms with E-state index in [1.54, 1.807) is 48.5 Å². The van der Waals surface area contributed by atoms with Gasteiger partial charge in [-0.2, -0.15) is 0 Å². The number of carbonyl (C=O) groups is 1. The van der Waals surface area contributed by atoms with E-state index in [4.69, 9.17) is 9.47 Å². The van der Waals surface area contributed by atoms with Gasteiger partial charge in [0.25, 0.3) is 15.9 Å². The molecule has 1 aliphatic heterocycles. The van der Waals surface area contributed by atoms with Gasteiger partial charge in [0.1, 0.15) is 17.6 Å². The predicted octanol–water partition coefficient (Wildman–Crippen LogP) is 4.44. The van der Waals surface area contributed by atoms with Gasteiger partial charge in [-0.3, -0.25) is 9.10 Å². The Morgan fingerprint density at radius 2 is 1.78 bits per heavy atom. The number of nitrogens with one attached hydrogen (secondary N) is 1. The van der Waals surface area contributed by atoms with Crippen LogP contribution in [0.25, 0.3) is 0 Å². The molecule has 7 nitrogen and oxygen atoms in total. The molecule has 0 bridgehead atoms. The molecule has 3 aromatic rings. The fourth-order valence-electron chi connectivity index (χ4n) is 3.29. The van der Waals surface area contributed by atoms with Gasteiger partial charge in [-0.25, -0.2) is 8.42 Å². The van der Waals surface area contributed by atoms with Crippen molar-refractivity contribution in [3.05, 3.63) is 77.3 Å². The summed E-state index contributed by atoms with van der Waals surface area (Å²) in [6.07, 6.45) is -0.274. The van der Waals surface area contributed by atoms with Crippen LogP contribution in [0.4, 0.5) is 11.4 Å². The summed E-state index contributed by atoms with van der Waals surface area (Å²) < 4.78 is 40.0. The SMILES string of the molecule is C[C@H]1CN(S(=O)(=O)c2ccc(NC(=O)COc3ccc(Br)cc3)cc2)c2ccccc2O1. The fraction of sp³-hybridized carbons (Fsp3) is 0.174. The van der Waals surface area contributed by atoms with Crippen molar-refractivity contribution < 1.29 is 22.7 Å². The number of ether oxygens (including phenoxy) is 2. The van der Waals surface area contributed by atoms with E-state index in [9.17, 15) is 13.2 Å². The fourth-order valence-corrected chi connectivity index (χ4v) is 5.11. The van der Waals surface area contributed by atoms with Crippen LogP contribution in [0.1, 0.15) is 6.92 Å². The number of amides is 1. The summed E-state index contributed by atoms with van der Waals surface area (Å²) in [7, 11) is -3.79. The average Bonchev–Trinajstić information content (AvgIpc) is 2.78. The Hall–Kier alpha value is -3.04. The van der Waals surface area contributed by atoms with Crippen molar-refractivity contribution in [1.29, 1.82) is 0 Å². The topological polar surface area (TPSA) is 84.9 Å². The predicted molar refractivity (Wildman–Crippen MR) is 126 cm³/mol. The van der Waals surface area contributed by atoms with Crippen molar-refractivity contribution in [2.24, 2.45) is 0 Å². The molecule has 0 saturated heterocycles. The number of fused-ring (bicyclic) bond motifs is 1. The lowest BCUT2D eigenvalue weighted by molar-refractivity contribution is -0.118. The maximum atomic E-state index is 13.3. The van der Waals surface area contributed by atoms with Crippen molar-refractivity contribution in [2.75, 3.05) is 22.8 Å². The van der Waals surface area contributed by atoms with Gasteiger partial charge in [0, 0.05) is 10.2 Å². The van der Waals surface area contributed by atoms with E-state index in [0.717, 1.165) is 4.47 Å². The maximum Gasteiger partial charge on any atom is 0.264 e. The number of rotatable bonds is 6. The summed E-state index contributed by atoms with van der Waals surface area (Å²) in [6.45, 7) is 1.88. The molecule has 4 rings (SSSR count). The molecule has 9 heteroatoms. The lowest BCUT2D eigenvalue weighted by atomic mass is 10.2. The Morgan fingerprint density at radius 1 is 1.09 bits per heavy atom. The zero-order valence-electron chi connectivity index (χ0n) is 17.2. The highest BCUT2D eigenvalue weighted by Gasteiger charge is 2.32. The number of carbonyl (C=O) groups excluding carboxylic acids is 1. The van der Waals surface area contributed by atoms with Crippen molar-refractivity contribution in [1.82, 2.24) is 0 Å². The molecule has 0 aromatic heterocycles. The van der Waals surface area contributed by atoms with Crippen LogP contribution >= 0.6 is 15.9 Å². The summed E-state index contributed by atoms with van der Waals surface area (Å²) in [5.41, 5.74) is 0.983. The second-order valence-electron chi connectivity index (χ2n) is 7.25. The van der Waals surface area contributed by atoms with Gasteiger partial charge < -0.3 is 14.8 Å². The normalized spacial score (nSPS) is 15.4. The molecule has 1 atom stereocenters. The van der Waals surface area contributed by atoms with E-state index < -0.39 is 10.0 Å². The van der Waals surface area contributed by atoms with E-state index in [1.807, 2.05) is 19.1 Å². The smallest absolute Gasteiger partial charge is 0.264 e. The number of halogens is 1. The van der Waals surface area contributed by atoms with Gasteiger partial charge in [-0.1, -0.05) is 28.1 Å². The van der Waals surface area contributed by atoms with Gasteiger partial charge >= 0.3 is 0 Å². The lowest BCUT2D eigenvalue weighted by Crippen LogP contribution is -2.42. The van der Waals surface area contributed by atoms with E-state index in [-0.39, 0.29) is 30.1 Å². The minimum Gasteiger partial charge on any atom is -0.487 e. The lowest BCUT2D eigenvalue weighted by Gasteiger charge is -2.34. The standard InChI is InChI=1S/C23H21BrN2O5S/c1-16-14-26(21-4-2-3-5-22(21)31-16)32(28,29)20-12-8-18(9-13-20)25-23(27)15-30-19-10-6-17(24)7-11-19/h2-13,16H,14-15H2,1H3,(H,25,27)/t16-/m0/s1. The number of hydrogen-bond acceptors (Lipinski definition) is 5. The molecule has 0 aliphatic carbocycles. The monoisotopic (exact) mass is 516 g/mol. The third kappa shape index (κ3) is 4.89. The van der Waals surface area contributed by atoms with Crippen LogP contribution in [0.5, 0.6) is 11.5 Å². The van der Waals surface area contributed by atoms with Crippen LogP contribution < -0.4 is 19.1 Å². The van der Waals surface area contributed by atoms with Crippen LogP contribution in [-0.2, 0) is 14.8 Å². The number of benzene rings is 3. The summed E-state index contributed by atoms with van der Waals surface area (Å²) in [5, 5.41) is 2.70. The highest BCUT2D eigenvalue weighted by molar-refractivity contribution is 9.10. The summed E-state index contributed by atoms with van der Waals surface area (Å²) >= 11 is 3.34. The molecular formula is C23H21BrN2O5S. The van der Waals surface area contributed by atoms with Gasteiger partial charge in [0.15, 0.2) is 6.61 Å². The number of hydrogen-bond donors (Lipinski definition) is 1. The van der Waals surface area contributed by atoms with Crippen LogP contribution in [0.2, 0.25) is 0 Å². The van der Waals surface area contributed by atoms with E-state index in [0.29, 0.717) is 22.9 Å². The quantitative estimate of drug-likeness (QED) is 0.523. The van der Waals surface area contributed by atoms with E-state index in [1.165, 1.54) is 16.4 Å². The Labute approximate surface area is 195 Å². The molecule has 32 heavy (non-hydrogen) atoms. The highest BCUT2D eigenvalue weighted by Crippen LogP contribution is 2.36. The summed E-state index contributed by atoms with van der Waals surface area (Å²) in [4.78, 5) is 12.3. The number of para-hydroxylation sites is 2. The zero-order valence-corrected chi connectivity index (χ0v) is 19.6. The maximum absolute atomic E-state index is 13.3. The van der Waals surface area contributed by atoms with Gasteiger partial charge in [-0.15, -0.1) is 0 Å². The molecule has 0 saturated carbocycles. The Kier molecular flexibility index (Phi) is 6.38. The molecule has 0 spiro atoms. The Bertz CT molecular complexity index is 1210. The molecule has 3 aromatic carbocycles. The van der Waals surface area contributed by atoms with Crippen LogP contribution in [-0.4, -0.2) is 33.6 Å². The first kappa shape index (κ1) is 22.2. The van der Waals surface area contributed by atoms with E-state index >= 15 is 0 Å². The summed E-state index contributed by atoms with van der Waals surface area (Å²) in [6, 6.07) is 20.3. The first-order chi connectivity index (χ1) is 15.3. The van der Waals surface area contributed by atoms with E-state index in [2.05, 4.69) is 21.2 Å². The molecule has 166 valence electrons. The molecule has 1 N–H and O–H groups in total. The van der Waals surface area contributed by atoms with Crippen molar-refractivity contribution in [2.45, 2.75) is 17.9 Å². The second kappa shape index (κ2) is 9.22. The van der Waals surface area contributed by atoms with Gasteiger partial charge in [0.2, 0.25) is 0 Å².